The molecule has 0 aromatic heterocycles. The number of anilines is 5. The molecule has 2 atom stereocenters. The number of rotatable bonds is 7. The Morgan fingerprint density at radius 3 is 1.55 bits per heavy atom. The van der Waals surface area contributed by atoms with E-state index in [1.807, 2.05) is 0 Å². The van der Waals surface area contributed by atoms with Crippen LogP contribution in [0.15, 0.2) is 206 Å². The molecule has 7 aromatic rings. The third-order valence-corrected chi connectivity index (χ3v) is 10.5. The molecule has 51 heavy (non-hydrogen) atoms. The maximum atomic E-state index is 2.55. The number of para-hydroxylation sites is 4. The fraction of sp³-hybridized carbons (Fsp3) is 0.0612. The Kier molecular flexibility index (Phi) is 7.71. The van der Waals surface area contributed by atoms with Crippen LogP contribution in [0.25, 0.3) is 28.0 Å². The number of hydrogen-bond acceptors (Lipinski definition) is 2. The van der Waals surface area contributed by atoms with E-state index in [1.54, 1.807) is 0 Å². The van der Waals surface area contributed by atoms with E-state index in [2.05, 4.69) is 223 Å². The third kappa shape index (κ3) is 5.37. The molecule has 2 aliphatic carbocycles. The number of nitrogens with zero attached hydrogens (tertiary/aromatic N) is 2. The highest BCUT2D eigenvalue weighted by molar-refractivity contribution is 6.04. The van der Waals surface area contributed by atoms with Crippen molar-refractivity contribution in [3.8, 4) is 11.1 Å². The quantitative estimate of drug-likeness (QED) is 0.169. The maximum Gasteiger partial charge on any atom is 0.0726 e. The van der Waals surface area contributed by atoms with Crippen LogP contribution in [0.5, 0.6) is 0 Å². The molecule has 2 nitrogen and oxygen atoms in total. The van der Waals surface area contributed by atoms with Crippen molar-refractivity contribution in [3.63, 3.8) is 0 Å². The minimum atomic E-state index is -0.275. The lowest BCUT2D eigenvalue weighted by molar-refractivity contribution is 0.406. The largest absolute Gasteiger partial charge is 0.333 e. The number of benzene rings is 7. The van der Waals surface area contributed by atoms with E-state index in [4.69, 9.17) is 0 Å². The molecule has 0 N–H and O–H groups in total. The molecule has 0 heterocycles. The van der Waals surface area contributed by atoms with Gasteiger partial charge in [0.05, 0.1) is 6.04 Å². The highest BCUT2D eigenvalue weighted by Crippen LogP contribution is 2.57. The minimum absolute atomic E-state index is 0.00668. The van der Waals surface area contributed by atoms with Crippen molar-refractivity contribution < 1.29 is 0 Å². The fourth-order valence-corrected chi connectivity index (χ4v) is 8.09. The second-order valence-electron chi connectivity index (χ2n) is 13.6. The first-order valence-electron chi connectivity index (χ1n) is 17.7. The van der Waals surface area contributed by atoms with Crippen LogP contribution in [-0.2, 0) is 0 Å². The van der Waals surface area contributed by atoms with Gasteiger partial charge in [-0.25, -0.2) is 0 Å². The van der Waals surface area contributed by atoms with Crippen molar-refractivity contribution in [2.75, 3.05) is 9.80 Å². The average Bonchev–Trinajstić information content (AvgIpc) is 3.20. The van der Waals surface area contributed by atoms with E-state index >= 15 is 0 Å². The number of allylic oxidation sites excluding steroid dienone is 3. The molecule has 0 spiro atoms. The van der Waals surface area contributed by atoms with Crippen LogP contribution in [0.1, 0.15) is 24.1 Å². The van der Waals surface area contributed by atoms with Crippen molar-refractivity contribution >= 4 is 45.3 Å². The zero-order valence-electron chi connectivity index (χ0n) is 28.6. The third-order valence-electron chi connectivity index (χ3n) is 10.5. The lowest BCUT2D eigenvalue weighted by Gasteiger charge is -2.48. The van der Waals surface area contributed by atoms with Gasteiger partial charge in [0, 0.05) is 33.9 Å². The topological polar surface area (TPSA) is 6.48 Å². The highest BCUT2D eigenvalue weighted by atomic mass is 15.2. The monoisotopic (exact) mass is 654 g/mol. The Morgan fingerprint density at radius 2 is 0.980 bits per heavy atom. The molecule has 244 valence electrons. The summed E-state index contributed by atoms with van der Waals surface area (Å²) in [7, 11) is 0. The van der Waals surface area contributed by atoms with E-state index in [0.29, 0.717) is 0 Å². The molecular weight excluding hydrogens is 617 g/mol. The van der Waals surface area contributed by atoms with Gasteiger partial charge >= 0.3 is 0 Å². The molecule has 2 unspecified atom stereocenters. The lowest BCUT2D eigenvalue weighted by atomic mass is 9.64. The van der Waals surface area contributed by atoms with Crippen LogP contribution in [0.4, 0.5) is 28.4 Å². The molecule has 2 heteroatoms. The van der Waals surface area contributed by atoms with E-state index in [0.717, 1.165) is 17.1 Å². The van der Waals surface area contributed by atoms with E-state index < -0.39 is 0 Å². The maximum absolute atomic E-state index is 2.55. The smallest absolute Gasteiger partial charge is 0.0726 e. The fourth-order valence-electron chi connectivity index (χ4n) is 8.09. The Bertz CT molecular complexity index is 2330. The first-order chi connectivity index (χ1) is 25.2. The Labute approximate surface area is 300 Å². The van der Waals surface area contributed by atoms with Crippen LogP contribution in [0.2, 0.25) is 0 Å². The Morgan fingerprint density at radius 1 is 0.490 bits per heavy atom. The van der Waals surface area contributed by atoms with Gasteiger partial charge < -0.3 is 9.80 Å². The van der Waals surface area contributed by atoms with Gasteiger partial charge in [-0.05, 0) is 118 Å². The first-order valence-corrected chi connectivity index (χ1v) is 17.7. The molecule has 0 bridgehead atoms. The summed E-state index contributed by atoms with van der Waals surface area (Å²) in [6, 6.07) is 63.4. The van der Waals surface area contributed by atoms with Crippen molar-refractivity contribution in [1.82, 2.24) is 0 Å². The van der Waals surface area contributed by atoms with E-state index in [1.165, 1.54) is 50.0 Å². The predicted octanol–water partition coefficient (Wildman–Crippen LogP) is 13.4. The van der Waals surface area contributed by atoms with Crippen LogP contribution < -0.4 is 9.80 Å². The number of fused-ring (bicyclic) bond motifs is 4. The average molecular weight is 655 g/mol. The van der Waals surface area contributed by atoms with Gasteiger partial charge in [0.15, 0.2) is 0 Å². The first kappa shape index (κ1) is 30.7. The Balaban J connectivity index is 1.25. The Hall–Kier alpha value is -6.38. The summed E-state index contributed by atoms with van der Waals surface area (Å²) < 4.78 is 0. The second kappa shape index (κ2) is 12.8. The van der Waals surface area contributed by atoms with Crippen molar-refractivity contribution in [3.05, 3.63) is 217 Å². The van der Waals surface area contributed by atoms with E-state index in [-0.39, 0.29) is 11.5 Å². The molecule has 9 rings (SSSR count). The molecule has 0 amide bonds. The molecule has 2 aliphatic rings. The van der Waals surface area contributed by atoms with Crippen molar-refractivity contribution in [1.29, 1.82) is 0 Å². The zero-order chi connectivity index (χ0) is 34.2. The second-order valence-corrected chi connectivity index (χ2v) is 13.6. The molecule has 0 aliphatic heterocycles. The van der Waals surface area contributed by atoms with Crippen LogP contribution >= 0.6 is 0 Å². The van der Waals surface area contributed by atoms with Gasteiger partial charge in [0.25, 0.3) is 0 Å². The molecule has 0 saturated heterocycles. The van der Waals surface area contributed by atoms with Gasteiger partial charge in [0.2, 0.25) is 0 Å². The summed E-state index contributed by atoms with van der Waals surface area (Å²) in [6.07, 6.45) is 11.5. The van der Waals surface area contributed by atoms with Gasteiger partial charge in [-0.1, -0.05) is 133 Å². The van der Waals surface area contributed by atoms with Gasteiger partial charge in [0.1, 0.15) is 0 Å². The summed E-state index contributed by atoms with van der Waals surface area (Å²) in [5.41, 5.74) is 11.8. The normalized spacial score (nSPS) is 17.4. The number of hydrogen-bond donors (Lipinski definition) is 0. The highest BCUT2D eigenvalue weighted by Gasteiger charge is 2.45. The summed E-state index contributed by atoms with van der Waals surface area (Å²) in [5.74, 6) is 0. The minimum Gasteiger partial charge on any atom is -0.333 e. The van der Waals surface area contributed by atoms with Crippen LogP contribution in [0.3, 0.4) is 0 Å². The summed E-state index contributed by atoms with van der Waals surface area (Å²) in [5, 5.41) is 2.53. The molecule has 0 saturated carbocycles. The van der Waals surface area contributed by atoms with Gasteiger partial charge in [-0.2, -0.15) is 0 Å². The molecule has 0 fully saturated rings. The van der Waals surface area contributed by atoms with Crippen molar-refractivity contribution in [2.24, 2.45) is 5.41 Å². The molecule has 0 radical (unpaired) electrons. The predicted molar refractivity (Wildman–Crippen MR) is 216 cm³/mol. The zero-order valence-corrected chi connectivity index (χ0v) is 28.6. The SMILES string of the molecule is CC12C=CC=CC1=Cc1c(cc(-c3ccc(N(c4ccccc4)c4ccccc4)cc3)c3ccccc13)C2N(c1ccccc1)c1ccccc1. The van der Waals surface area contributed by atoms with Crippen LogP contribution in [-0.4, -0.2) is 0 Å². The van der Waals surface area contributed by atoms with Gasteiger partial charge in [-0.15, -0.1) is 0 Å². The standard InChI is InChI=1S/C49H38N2/c1-49-33-17-16-18-37(49)34-46-44-28-15-14-27-43(44)45(35-47(46)48(49)51(40-23-10-4-11-24-40)41-25-12-5-13-26-41)36-29-31-42(32-30-36)50(38-19-6-2-7-20-38)39-21-8-3-9-22-39/h2-35,48H,1H3. The lowest BCUT2D eigenvalue weighted by Crippen LogP contribution is -2.40. The van der Waals surface area contributed by atoms with Crippen LogP contribution in [0, 0.1) is 5.41 Å². The van der Waals surface area contributed by atoms with Crippen molar-refractivity contribution in [2.45, 2.75) is 13.0 Å². The molecule has 7 aromatic carbocycles. The van der Waals surface area contributed by atoms with E-state index in [9.17, 15) is 0 Å². The molecular formula is C49H38N2. The van der Waals surface area contributed by atoms with Gasteiger partial charge in [-0.3, -0.25) is 0 Å². The summed E-state index contributed by atoms with van der Waals surface area (Å²) >= 11 is 0. The summed E-state index contributed by atoms with van der Waals surface area (Å²) in [6.45, 7) is 2.40. The summed E-state index contributed by atoms with van der Waals surface area (Å²) in [4.78, 5) is 4.87.